The van der Waals surface area contributed by atoms with E-state index in [1.54, 1.807) is 27.2 Å². The molecule has 0 unspecified atom stereocenters. The summed E-state index contributed by atoms with van der Waals surface area (Å²) >= 11 is 0. The Morgan fingerprint density at radius 1 is 1.23 bits per heavy atom. The van der Waals surface area contributed by atoms with Crippen LogP contribution < -0.4 is 10.1 Å². The number of nitrogens with zero attached hydrogens (tertiary/aromatic N) is 2. The van der Waals surface area contributed by atoms with Crippen molar-refractivity contribution in [2.45, 2.75) is 31.4 Å². The fraction of sp³-hybridized carbons (Fsp3) is 0.500. The summed E-state index contributed by atoms with van der Waals surface area (Å²) in [6, 6.07) is 11.8. The van der Waals surface area contributed by atoms with E-state index in [0.29, 0.717) is 32.6 Å². The van der Waals surface area contributed by atoms with Crippen molar-refractivity contribution in [3.05, 3.63) is 54.0 Å². The molecule has 0 radical (unpaired) electrons. The van der Waals surface area contributed by atoms with Crippen molar-refractivity contribution in [1.29, 1.82) is 0 Å². The van der Waals surface area contributed by atoms with E-state index in [2.05, 4.69) is 10.2 Å². The zero-order valence-electron chi connectivity index (χ0n) is 17.9. The van der Waals surface area contributed by atoms with E-state index in [-0.39, 0.29) is 5.75 Å². The number of rotatable bonds is 7. The molecule has 2 aromatic rings. The van der Waals surface area contributed by atoms with E-state index in [1.165, 1.54) is 5.56 Å². The van der Waals surface area contributed by atoms with Gasteiger partial charge in [-0.25, -0.2) is 8.42 Å². The van der Waals surface area contributed by atoms with Gasteiger partial charge in [0.1, 0.15) is 11.5 Å². The molecular formula is C22H31N3O4S. The normalized spacial score (nSPS) is 18.2. The number of hydrogen-bond donors (Lipinski definition) is 1. The number of methoxy groups -OCH3 is 1. The maximum Gasteiger partial charge on any atom is 0.194 e. The summed E-state index contributed by atoms with van der Waals surface area (Å²) in [5.41, 5.74) is 1.19. The standard InChI is InChI=1S/C22H31N3O4S/c1-22(2)17-25(14-16-30(22,26)27)21(24-13-11-20-5-4-15-29-20)23-12-10-18-6-8-19(28-3)9-7-18/h4-9,15H,10-14,16-17H2,1-3H3,(H,23,24). The lowest BCUT2D eigenvalue weighted by Gasteiger charge is -2.39. The summed E-state index contributed by atoms with van der Waals surface area (Å²) in [4.78, 5) is 6.80. The lowest BCUT2D eigenvalue weighted by Crippen LogP contribution is -2.57. The van der Waals surface area contributed by atoms with Crippen molar-refractivity contribution < 1.29 is 17.6 Å². The Bertz CT molecular complexity index is 935. The van der Waals surface area contributed by atoms with Crippen molar-refractivity contribution in [3.8, 4) is 5.75 Å². The van der Waals surface area contributed by atoms with Crippen LogP contribution in [0.5, 0.6) is 5.75 Å². The van der Waals surface area contributed by atoms with Crippen LogP contribution in [0.4, 0.5) is 0 Å². The molecule has 8 heteroatoms. The van der Waals surface area contributed by atoms with Gasteiger partial charge in [-0.3, -0.25) is 4.99 Å². The third-order valence-corrected chi connectivity index (χ3v) is 7.93. The fourth-order valence-electron chi connectivity index (χ4n) is 3.43. The second-order valence-electron chi connectivity index (χ2n) is 8.06. The predicted octanol–water partition coefficient (Wildman–Crippen LogP) is 2.53. The van der Waals surface area contributed by atoms with Gasteiger partial charge in [-0.15, -0.1) is 0 Å². The number of ether oxygens (including phenoxy) is 1. The number of aliphatic imine (C=N–C) groups is 1. The zero-order valence-corrected chi connectivity index (χ0v) is 18.7. The number of nitrogens with one attached hydrogen (secondary N) is 1. The smallest absolute Gasteiger partial charge is 0.194 e. The number of guanidine groups is 1. The van der Waals surface area contributed by atoms with Gasteiger partial charge in [-0.2, -0.15) is 0 Å². The topological polar surface area (TPSA) is 84.1 Å². The van der Waals surface area contributed by atoms with E-state index in [0.717, 1.165) is 23.9 Å². The maximum atomic E-state index is 12.4. The Kier molecular flexibility index (Phi) is 7.07. The Labute approximate surface area is 179 Å². The van der Waals surface area contributed by atoms with Crippen LogP contribution >= 0.6 is 0 Å². The van der Waals surface area contributed by atoms with Crippen molar-refractivity contribution in [3.63, 3.8) is 0 Å². The first-order valence-corrected chi connectivity index (χ1v) is 11.9. The van der Waals surface area contributed by atoms with Crippen molar-refractivity contribution in [2.75, 3.05) is 39.0 Å². The summed E-state index contributed by atoms with van der Waals surface area (Å²) in [5.74, 6) is 2.61. The van der Waals surface area contributed by atoms with Gasteiger partial charge in [-0.05, 0) is 50.1 Å². The molecule has 30 heavy (non-hydrogen) atoms. The highest BCUT2D eigenvalue weighted by molar-refractivity contribution is 7.92. The Hall–Kier alpha value is -2.48. The molecule has 0 saturated carbocycles. The second-order valence-corrected chi connectivity index (χ2v) is 10.8. The molecule has 3 rings (SSSR count). The molecular weight excluding hydrogens is 402 g/mol. The van der Waals surface area contributed by atoms with Crippen LogP contribution in [0.25, 0.3) is 0 Å². The molecule has 164 valence electrons. The van der Waals surface area contributed by atoms with E-state index in [9.17, 15) is 8.42 Å². The molecule has 0 bridgehead atoms. The molecule has 1 aromatic heterocycles. The van der Waals surface area contributed by atoms with Crippen LogP contribution in [0.15, 0.2) is 52.1 Å². The van der Waals surface area contributed by atoms with Crippen LogP contribution in [0, 0.1) is 0 Å². The average Bonchev–Trinajstić information content (AvgIpc) is 3.23. The molecule has 1 aromatic carbocycles. The second kappa shape index (κ2) is 9.55. The van der Waals surface area contributed by atoms with Crippen molar-refractivity contribution >= 4 is 15.8 Å². The summed E-state index contributed by atoms with van der Waals surface area (Å²) in [6.45, 7) is 5.71. The van der Waals surface area contributed by atoms with Gasteiger partial charge < -0.3 is 19.4 Å². The summed E-state index contributed by atoms with van der Waals surface area (Å²) < 4.78 is 34.6. The minimum absolute atomic E-state index is 0.136. The van der Waals surface area contributed by atoms with Crippen LogP contribution in [-0.2, 0) is 22.7 Å². The first-order chi connectivity index (χ1) is 14.3. The lowest BCUT2D eigenvalue weighted by atomic mass is 10.1. The Morgan fingerprint density at radius 3 is 2.63 bits per heavy atom. The van der Waals surface area contributed by atoms with E-state index in [4.69, 9.17) is 14.1 Å². The maximum absolute atomic E-state index is 12.4. The van der Waals surface area contributed by atoms with Crippen LogP contribution in [-0.4, -0.2) is 63.1 Å². The molecule has 1 saturated heterocycles. The van der Waals surface area contributed by atoms with Crippen LogP contribution in [0.2, 0.25) is 0 Å². The molecule has 1 aliphatic heterocycles. The van der Waals surface area contributed by atoms with Gasteiger partial charge in [-0.1, -0.05) is 12.1 Å². The molecule has 1 N–H and O–H groups in total. The molecule has 0 amide bonds. The Morgan fingerprint density at radius 2 is 2.00 bits per heavy atom. The largest absolute Gasteiger partial charge is 0.497 e. The quantitative estimate of drug-likeness (QED) is 0.534. The van der Waals surface area contributed by atoms with Crippen molar-refractivity contribution in [2.24, 2.45) is 4.99 Å². The monoisotopic (exact) mass is 433 g/mol. The summed E-state index contributed by atoms with van der Waals surface area (Å²) in [6.07, 6.45) is 3.19. The third kappa shape index (κ3) is 5.56. The summed E-state index contributed by atoms with van der Waals surface area (Å²) in [5, 5.41) is 3.43. The molecule has 0 atom stereocenters. The first-order valence-electron chi connectivity index (χ1n) is 10.2. The van der Waals surface area contributed by atoms with Gasteiger partial charge in [0.2, 0.25) is 0 Å². The van der Waals surface area contributed by atoms with E-state index in [1.807, 2.05) is 36.4 Å². The van der Waals surface area contributed by atoms with Gasteiger partial charge >= 0.3 is 0 Å². The molecule has 1 aliphatic rings. The predicted molar refractivity (Wildman–Crippen MR) is 119 cm³/mol. The van der Waals surface area contributed by atoms with Gasteiger partial charge in [0.15, 0.2) is 15.8 Å². The van der Waals surface area contributed by atoms with Crippen molar-refractivity contribution in [1.82, 2.24) is 10.2 Å². The fourth-order valence-corrected chi connectivity index (χ4v) is 4.80. The van der Waals surface area contributed by atoms with Gasteiger partial charge in [0, 0.05) is 32.6 Å². The highest BCUT2D eigenvalue weighted by Gasteiger charge is 2.40. The highest BCUT2D eigenvalue weighted by atomic mass is 32.2. The molecule has 2 heterocycles. The minimum Gasteiger partial charge on any atom is -0.497 e. The number of furan rings is 1. The van der Waals surface area contributed by atoms with E-state index < -0.39 is 14.6 Å². The molecule has 0 spiro atoms. The van der Waals surface area contributed by atoms with Crippen LogP contribution in [0.1, 0.15) is 25.2 Å². The first kappa shape index (κ1) is 22.2. The third-order valence-electron chi connectivity index (χ3n) is 5.40. The Balaban J connectivity index is 1.65. The van der Waals surface area contributed by atoms with E-state index >= 15 is 0 Å². The number of benzene rings is 1. The van der Waals surface area contributed by atoms with Gasteiger partial charge in [0.05, 0.1) is 23.9 Å². The van der Waals surface area contributed by atoms with Gasteiger partial charge in [0.25, 0.3) is 0 Å². The highest BCUT2D eigenvalue weighted by Crippen LogP contribution is 2.23. The molecule has 7 nitrogen and oxygen atoms in total. The SMILES string of the molecule is COc1ccc(CCNC(=NCCc2ccco2)N2CCS(=O)(=O)C(C)(C)C2)cc1. The molecule has 0 aliphatic carbocycles. The average molecular weight is 434 g/mol. The lowest BCUT2D eigenvalue weighted by molar-refractivity contribution is 0.352. The number of sulfone groups is 1. The van der Waals surface area contributed by atoms with Crippen LogP contribution in [0.3, 0.4) is 0 Å². The number of hydrogen-bond acceptors (Lipinski definition) is 5. The zero-order chi connectivity index (χ0) is 21.6. The minimum atomic E-state index is -3.10. The summed E-state index contributed by atoms with van der Waals surface area (Å²) in [7, 11) is -1.45. The molecule has 1 fully saturated rings.